The lowest BCUT2D eigenvalue weighted by Crippen LogP contribution is -2.50. The van der Waals surface area contributed by atoms with E-state index < -0.39 is 5.60 Å². The second-order valence-electron chi connectivity index (χ2n) is 9.35. The van der Waals surface area contributed by atoms with Crippen molar-refractivity contribution in [1.29, 1.82) is 0 Å². The molecule has 3 rings (SSSR count). The van der Waals surface area contributed by atoms with E-state index in [1.165, 1.54) is 12.5 Å². The van der Waals surface area contributed by atoms with Crippen molar-refractivity contribution in [3.05, 3.63) is 29.7 Å². The molecule has 0 aromatic carbocycles. The van der Waals surface area contributed by atoms with Gasteiger partial charge in [-0.15, -0.1) is 0 Å². The van der Waals surface area contributed by atoms with Crippen molar-refractivity contribution < 1.29 is 18.7 Å². The van der Waals surface area contributed by atoms with Gasteiger partial charge in [0.05, 0.1) is 0 Å². The Balaban J connectivity index is 1.28. The van der Waals surface area contributed by atoms with Crippen LogP contribution >= 0.6 is 0 Å². The summed E-state index contributed by atoms with van der Waals surface area (Å²) in [7, 11) is 0. The minimum atomic E-state index is -0.462. The SMILES string of the molecule is C[C@@H]1C[C@H]1c1ccc(/C=C/C(=O)NCCCN2CCN(C(=O)OC(C)(C)C)CC2)o1. The molecule has 1 aromatic rings. The number of ether oxygens (including phenoxy) is 1. The van der Waals surface area contributed by atoms with E-state index in [0.717, 1.165) is 37.6 Å². The van der Waals surface area contributed by atoms with Gasteiger partial charge in [0.15, 0.2) is 0 Å². The number of rotatable bonds is 7. The number of carbonyl (C=O) groups excluding carboxylic acids is 2. The second kappa shape index (κ2) is 9.69. The van der Waals surface area contributed by atoms with Crippen molar-refractivity contribution in [2.24, 2.45) is 5.92 Å². The van der Waals surface area contributed by atoms with Crippen LogP contribution in [0.4, 0.5) is 4.79 Å². The molecular formula is C23H35N3O4. The number of furan rings is 1. The maximum Gasteiger partial charge on any atom is 0.410 e. The Morgan fingerprint density at radius 3 is 2.57 bits per heavy atom. The molecule has 2 atom stereocenters. The minimum absolute atomic E-state index is 0.109. The fraction of sp³-hybridized carbons (Fsp3) is 0.652. The van der Waals surface area contributed by atoms with Gasteiger partial charge in [-0.3, -0.25) is 9.69 Å². The summed E-state index contributed by atoms with van der Waals surface area (Å²) in [5.41, 5.74) is -0.462. The van der Waals surface area contributed by atoms with Crippen molar-refractivity contribution in [1.82, 2.24) is 15.1 Å². The van der Waals surface area contributed by atoms with Crippen LogP contribution in [-0.4, -0.2) is 66.7 Å². The summed E-state index contributed by atoms with van der Waals surface area (Å²) in [4.78, 5) is 28.2. The van der Waals surface area contributed by atoms with Gasteiger partial charge in [-0.2, -0.15) is 0 Å². The average Bonchev–Trinajstić information content (AvgIpc) is 3.22. The molecule has 2 aliphatic rings. The molecule has 1 N–H and O–H groups in total. The molecule has 0 spiro atoms. The van der Waals surface area contributed by atoms with Crippen LogP contribution in [0.25, 0.3) is 6.08 Å². The lowest BCUT2D eigenvalue weighted by molar-refractivity contribution is -0.116. The molecule has 2 amide bonds. The predicted molar refractivity (Wildman–Crippen MR) is 116 cm³/mol. The molecule has 1 saturated carbocycles. The molecule has 1 saturated heterocycles. The fourth-order valence-corrected chi connectivity index (χ4v) is 3.59. The smallest absolute Gasteiger partial charge is 0.410 e. The second-order valence-corrected chi connectivity index (χ2v) is 9.35. The zero-order valence-electron chi connectivity index (χ0n) is 18.6. The first-order chi connectivity index (χ1) is 14.2. The monoisotopic (exact) mass is 417 g/mol. The van der Waals surface area contributed by atoms with Crippen LogP contribution < -0.4 is 5.32 Å². The van der Waals surface area contributed by atoms with E-state index in [1.54, 1.807) is 11.0 Å². The van der Waals surface area contributed by atoms with Crippen molar-refractivity contribution in [3.63, 3.8) is 0 Å². The van der Waals surface area contributed by atoms with Crippen molar-refractivity contribution in [2.75, 3.05) is 39.3 Å². The summed E-state index contributed by atoms with van der Waals surface area (Å²) in [6.07, 6.45) is 5.07. The maximum atomic E-state index is 12.1. The van der Waals surface area contributed by atoms with Crippen LogP contribution in [0.1, 0.15) is 58.0 Å². The summed E-state index contributed by atoms with van der Waals surface area (Å²) < 4.78 is 11.2. The molecule has 1 aliphatic heterocycles. The van der Waals surface area contributed by atoms with Crippen molar-refractivity contribution >= 4 is 18.1 Å². The van der Waals surface area contributed by atoms with Gasteiger partial charge in [0.25, 0.3) is 0 Å². The number of hydrogen-bond donors (Lipinski definition) is 1. The number of piperazine rings is 1. The molecule has 2 fully saturated rings. The Morgan fingerprint density at radius 1 is 1.23 bits per heavy atom. The highest BCUT2D eigenvalue weighted by molar-refractivity contribution is 5.91. The lowest BCUT2D eigenvalue weighted by atomic mass is 10.2. The summed E-state index contributed by atoms with van der Waals surface area (Å²) >= 11 is 0. The predicted octanol–water partition coefficient (Wildman–Crippen LogP) is 3.48. The Bertz CT molecular complexity index is 757. The van der Waals surface area contributed by atoms with E-state index in [2.05, 4.69) is 17.1 Å². The third kappa shape index (κ3) is 6.90. The lowest BCUT2D eigenvalue weighted by Gasteiger charge is -2.35. The molecule has 0 unspecified atom stereocenters. The Hall–Kier alpha value is -2.28. The standard InChI is InChI=1S/C23H35N3O4/c1-17-16-19(17)20-8-6-18(29-20)7-9-21(27)24-10-5-11-25-12-14-26(15-13-25)22(28)30-23(2,3)4/h6-9,17,19H,5,10-16H2,1-4H3,(H,24,27)/b9-7+/t17-,19-/m1/s1. The third-order valence-corrected chi connectivity index (χ3v) is 5.50. The molecule has 0 bridgehead atoms. The van der Waals surface area contributed by atoms with Crippen LogP contribution in [0.2, 0.25) is 0 Å². The molecule has 7 nitrogen and oxygen atoms in total. The van der Waals surface area contributed by atoms with Crippen LogP contribution in [-0.2, 0) is 9.53 Å². The van der Waals surface area contributed by atoms with Crippen LogP contribution in [0.3, 0.4) is 0 Å². The molecule has 166 valence electrons. The molecular weight excluding hydrogens is 382 g/mol. The topological polar surface area (TPSA) is 75.0 Å². The van der Waals surface area contributed by atoms with E-state index >= 15 is 0 Å². The summed E-state index contributed by atoms with van der Waals surface area (Å²) in [6.45, 7) is 12.4. The molecule has 2 heterocycles. The van der Waals surface area contributed by atoms with E-state index in [1.807, 2.05) is 32.9 Å². The van der Waals surface area contributed by atoms with Crippen LogP contribution in [0.5, 0.6) is 0 Å². The molecule has 30 heavy (non-hydrogen) atoms. The van der Waals surface area contributed by atoms with Gasteiger partial charge in [0.2, 0.25) is 5.91 Å². The number of nitrogens with zero attached hydrogens (tertiary/aromatic N) is 2. The Morgan fingerprint density at radius 2 is 1.93 bits per heavy atom. The summed E-state index contributed by atoms with van der Waals surface area (Å²) in [6, 6.07) is 3.93. The van der Waals surface area contributed by atoms with Crippen molar-refractivity contribution in [2.45, 2.75) is 52.1 Å². The number of nitrogens with one attached hydrogen (secondary N) is 1. The first-order valence-corrected chi connectivity index (χ1v) is 11.0. The fourth-order valence-electron chi connectivity index (χ4n) is 3.59. The van der Waals surface area contributed by atoms with Crippen molar-refractivity contribution in [3.8, 4) is 0 Å². The van der Waals surface area contributed by atoms with E-state index in [0.29, 0.717) is 31.5 Å². The Labute approximate surface area is 179 Å². The van der Waals surface area contributed by atoms with E-state index in [-0.39, 0.29) is 12.0 Å². The number of carbonyl (C=O) groups is 2. The highest BCUT2D eigenvalue weighted by Crippen LogP contribution is 2.47. The highest BCUT2D eigenvalue weighted by atomic mass is 16.6. The highest BCUT2D eigenvalue weighted by Gasteiger charge is 2.36. The normalized spacial score (nSPS) is 22.3. The number of hydrogen-bond acceptors (Lipinski definition) is 5. The third-order valence-electron chi connectivity index (χ3n) is 5.50. The van der Waals surface area contributed by atoms with E-state index in [9.17, 15) is 9.59 Å². The maximum absolute atomic E-state index is 12.1. The van der Waals surface area contributed by atoms with Gasteiger partial charge in [0, 0.05) is 44.7 Å². The van der Waals surface area contributed by atoms with Gasteiger partial charge in [-0.25, -0.2) is 4.79 Å². The largest absolute Gasteiger partial charge is 0.461 e. The quantitative estimate of drug-likeness (QED) is 0.543. The summed E-state index contributed by atoms with van der Waals surface area (Å²) in [5.74, 6) is 2.89. The van der Waals surface area contributed by atoms with Gasteiger partial charge in [-0.1, -0.05) is 6.92 Å². The van der Waals surface area contributed by atoms with Crippen LogP contribution in [0, 0.1) is 5.92 Å². The minimum Gasteiger partial charge on any atom is -0.461 e. The zero-order chi connectivity index (χ0) is 21.7. The molecule has 7 heteroatoms. The van der Waals surface area contributed by atoms with Crippen LogP contribution in [0.15, 0.2) is 22.6 Å². The number of amides is 2. The molecule has 1 aromatic heterocycles. The van der Waals surface area contributed by atoms with Gasteiger partial charge in [-0.05, 0) is 64.3 Å². The zero-order valence-corrected chi connectivity index (χ0v) is 18.6. The molecule has 1 aliphatic carbocycles. The first kappa shape index (κ1) is 22.4. The van der Waals surface area contributed by atoms with Gasteiger partial charge >= 0.3 is 6.09 Å². The van der Waals surface area contributed by atoms with Gasteiger partial charge in [0.1, 0.15) is 17.1 Å². The first-order valence-electron chi connectivity index (χ1n) is 11.0. The average molecular weight is 418 g/mol. The van der Waals surface area contributed by atoms with Gasteiger partial charge < -0.3 is 19.4 Å². The van der Waals surface area contributed by atoms with E-state index in [4.69, 9.17) is 9.15 Å². The molecule has 0 radical (unpaired) electrons. The Kier molecular flexibility index (Phi) is 7.23. The summed E-state index contributed by atoms with van der Waals surface area (Å²) in [5, 5.41) is 2.92.